The maximum Gasteiger partial charge on any atom is 0.251 e. The van der Waals surface area contributed by atoms with Gasteiger partial charge in [-0.2, -0.15) is 0 Å². The zero-order valence-corrected chi connectivity index (χ0v) is 15.5. The fraction of sp³-hybridized carbons (Fsp3) is 0.318. The fourth-order valence-electron chi connectivity index (χ4n) is 3.81. The number of hydrogen-bond donors (Lipinski definition) is 1. The predicted molar refractivity (Wildman–Crippen MR) is 108 cm³/mol. The molecule has 0 radical (unpaired) electrons. The van der Waals surface area contributed by atoms with E-state index in [-0.39, 0.29) is 11.6 Å². The third-order valence-corrected chi connectivity index (χ3v) is 6.24. The second kappa shape index (κ2) is 7.68. The van der Waals surface area contributed by atoms with Gasteiger partial charge < -0.3 is 9.67 Å². The third-order valence-electron chi connectivity index (χ3n) is 5.18. The molecule has 0 unspecified atom stereocenters. The van der Waals surface area contributed by atoms with Crippen molar-refractivity contribution in [3.05, 3.63) is 76.6 Å². The summed E-state index contributed by atoms with van der Waals surface area (Å²) in [5.41, 5.74) is 2.20. The van der Waals surface area contributed by atoms with Crippen LogP contribution in [0.25, 0.3) is 10.9 Å². The van der Waals surface area contributed by atoms with E-state index in [1.165, 1.54) is 10.5 Å². The number of benzene rings is 2. The lowest BCUT2D eigenvalue weighted by Crippen LogP contribution is -2.34. The minimum atomic E-state index is -0.431. The molecule has 4 heteroatoms. The molecule has 4 rings (SSSR count). The fourth-order valence-corrected chi connectivity index (χ4v) is 4.71. The van der Waals surface area contributed by atoms with Crippen molar-refractivity contribution < 1.29 is 5.11 Å². The van der Waals surface area contributed by atoms with Gasteiger partial charge in [0, 0.05) is 16.7 Å². The van der Waals surface area contributed by atoms with Crippen molar-refractivity contribution in [2.45, 2.75) is 48.5 Å². The molecule has 2 aromatic carbocycles. The van der Waals surface area contributed by atoms with Gasteiger partial charge in [-0.1, -0.05) is 43.2 Å². The van der Waals surface area contributed by atoms with E-state index in [2.05, 4.69) is 36.4 Å². The van der Waals surface area contributed by atoms with Gasteiger partial charge in [0.15, 0.2) is 0 Å². The molecular formula is C22H23NO2S. The first-order valence-corrected chi connectivity index (χ1v) is 10.2. The van der Waals surface area contributed by atoms with Crippen LogP contribution >= 0.6 is 11.8 Å². The monoisotopic (exact) mass is 365 g/mol. The van der Waals surface area contributed by atoms with Crippen LogP contribution < -0.4 is 5.56 Å². The average Bonchev–Trinajstić information content (AvgIpc) is 2.68. The minimum Gasteiger partial charge on any atom is -0.391 e. The lowest BCUT2D eigenvalue weighted by Gasteiger charge is -2.30. The SMILES string of the molecule is O=c1ccc2cc(SCc3ccccc3)ccc2n1[C@H]1CCCC[C@@H]1O. The summed E-state index contributed by atoms with van der Waals surface area (Å²) in [6, 6.07) is 20.1. The number of fused-ring (bicyclic) bond motifs is 1. The number of thioether (sulfide) groups is 1. The van der Waals surface area contributed by atoms with E-state index in [4.69, 9.17) is 0 Å². The highest BCUT2D eigenvalue weighted by molar-refractivity contribution is 7.98. The van der Waals surface area contributed by atoms with Crippen molar-refractivity contribution >= 4 is 22.7 Å². The Morgan fingerprint density at radius 2 is 1.81 bits per heavy atom. The van der Waals surface area contributed by atoms with Crippen LogP contribution in [0.15, 0.2) is 70.4 Å². The largest absolute Gasteiger partial charge is 0.391 e. The summed E-state index contributed by atoms with van der Waals surface area (Å²) in [5.74, 6) is 0.924. The summed E-state index contributed by atoms with van der Waals surface area (Å²) in [4.78, 5) is 13.7. The van der Waals surface area contributed by atoms with Crippen molar-refractivity contribution in [3.63, 3.8) is 0 Å². The molecule has 1 aliphatic rings. The van der Waals surface area contributed by atoms with Crippen LogP contribution in [0.5, 0.6) is 0 Å². The van der Waals surface area contributed by atoms with E-state index in [0.717, 1.165) is 42.3 Å². The van der Waals surface area contributed by atoms with Gasteiger partial charge in [0.05, 0.1) is 17.7 Å². The number of aromatic nitrogens is 1. The van der Waals surface area contributed by atoms with Gasteiger partial charge in [-0.05, 0) is 48.1 Å². The number of aliphatic hydroxyl groups is 1. The molecule has 1 N–H and O–H groups in total. The molecule has 0 saturated heterocycles. The number of pyridine rings is 1. The first kappa shape index (κ1) is 17.4. The summed E-state index contributed by atoms with van der Waals surface area (Å²) < 4.78 is 1.81. The molecule has 1 saturated carbocycles. The number of aliphatic hydroxyl groups excluding tert-OH is 1. The first-order valence-electron chi connectivity index (χ1n) is 9.22. The number of hydrogen-bond acceptors (Lipinski definition) is 3. The van der Waals surface area contributed by atoms with Crippen LogP contribution in [-0.2, 0) is 5.75 Å². The van der Waals surface area contributed by atoms with E-state index in [1.54, 1.807) is 17.8 Å². The summed E-state index contributed by atoms with van der Waals surface area (Å²) >= 11 is 1.80. The first-order chi connectivity index (χ1) is 12.7. The van der Waals surface area contributed by atoms with Crippen LogP contribution in [0, 0.1) is 0 Å². The van der Waals surface area contributed by atoms with Gasteiger partial charge in [0.25, 0.3) is 5.56 Å². The van der Waals surface area contributed by atoms with Gasteiger partial charge in [0.1, 0.15) is 0 Å². The molecule has 0 spiro atoms. The zero-order chi connectivity index (χ0) is 17.9. The Labute approximate surface area is 157 Å². The van der Waals surface area contributed by atoms with Crippen LogP contribution in [0.3, 0.4) is 0 Å². The molecule has 26 heavy (non-hydrogen) atoms. The molecule has 3 nitrogen and oxygen atoms in total. The molecule has 134 valence electrons. The third kappa shape index (κ3) is 3.57. The Kier molecular flexibility index (Phi) is 5.14. The van der Waals surface area contributed by atoms with E-state index >= 15 is 0 Å². The van der Waals surface area contributed by atoms with Crippen LogP contribution in [-0.4, -0.2) is 15.8 Å². The average molecular weight is 365 g/mol. The quantitative estimate of drug-likeness (QED) is 0.677. The predicted octanol–water partition coefficient (Wildman–Crippen LogP) is 4.77. The minimum absolute atomic E-state index is 0.0202. The lowest BCUT2D eigenvalue weighted by atomic mass is 9.92. The Hall–Kier alpha value is -2.04. The highest BCUT2D eigenvalue weighted by Gasteiger charge is 2.26. The Morgan fingerprint density at radius 3 is 2.62 bits per heavy atom. The van der Waals surface area contributed by atoms with Crippen LogP contribution in [0.2, 0.25) is 0 Å². The second-order valence-electron chi connectivity index (χ2n) is 6.96. The molecule has 0 amide bonds. The lowest BCUT2D eigenvalue weighted by molar-refractivity contribution is 0.0759. The Bertz CT molecular complexity index is 951. The van der Waals surface area contributed by atoms with Crippen molar-refractivity contribution in [2.24, 2.45) is 0 Å². The zero-order valence-electron chi connectivity index (χ0n) is 14.7. The summed E-state index contributed by atoms with van der Waals surface area (Å²) in [7, 11) is 0. The molecule has 0 bridgehead atoms. The molecule has 1 aliphatic carbocycles. The molecular weight excluding hydrogens is 342 g/mol. The molecule has 1 fully saturated rings. The Balaban J connectivity index is 1.65. The molecule has 1 aromatic heterocycles. The summed E-state index contributed by atoms with van der Waals surface area (Å²) in [6.07, 6.45) is 3.31. The summed E-state index contributed by atoms with van der Waals surface area (Å²) in [5, 5.41) is 11.5. The van der Waals surface area contributed by atoms with Gasteiger partial charge in [-0.25, -0.2) is 0 Å². The smallest absolute Gasteiger partial charge is 0.251 e. The summed E-state index contributed by atoms with van der Waals surface area (Å²) in [6.45, 7) is 0. The number of rotatable bonds is 4. The molecule has 0 aliphatic heterocycles. The van der Waals surface area contributed by atoms with Gasteiger partial charge >= 0.3 is 0 Å². The van der Waals surface area contributed by atoms with E-state index in [9.17, 15) is 9.90 Å². The maximum atomic E-state index is 12.5. The second-order valence-corrected chi connectivity index (χ2v) is 8.00. The van der Waals surface area contributed by atoms with Crippen LogP contribution in [0.4, 0.5) is 0 Å². The molecule has 3 aromatic rings. The van der Waals surface area contributed by atoms with Crippen LogP contribution in [0.1, 0.15) is 37.3 Å². The van der Waals surface area contributed by atoms with E-state index in [0.29, 0.717) is 0 Å². The maximum absolute atomic E-state index is 12.5. The van der Waals surface area contributed by atoms with Gasteiger partial charge in [-0.15, -0.1) is 11.8 Å². The van der Waals surface area contributed by atoms with Crippen molar-refractivity contribution in [3.8, 4) is 0 Å². The van der Waals surface area contributed by atoms with Crippen molar-refractivity contribution in [1.82, 2.24) is 4.57 Å². The van der Waals surface area contributed by atoms with Gasteiger partial charge in [-0.3, -0.25) is 4.79 Å². The van der Waals surface area contributed by atoms with E-state index < -0.39 is 6.10 Å². The molecule has 2 atom stereocenters. The standard InChI is InChI=1S/C22H23NO2S/c24-21-9-5-4-8-20(21)23-19-12-11-18(14-17(19)10-13-22(23)25)26-15-16-6-2-1-3-7-16/h1-3,6-7,10-14,20-21,24H,4-5,8-9,15H2/t20-,21-/m0/s1. The molecule has 1 heterocycles. The van der Waals surface area contributed by atoms with Crippen molar-refractivity contribution in [2.75, 3.05) is 0 Å². The van der Waals surface area contributed by atoms with Gasteiger partial charge in [0.2, 0.25) is 0 Å². The normalized spacial score (nSPS) is 20.3. The highest BCUT2D eigenvalue weighted by atomic mass is 32.2. The highest BCUT2D eigenvalue weighted by Crippen LogP contribution is 2.31. The Morgan fingerprint density at radius 1 is 1.00 bits per heavy atom. The van der Waals surface area contributed by atoms with Crippen molar-refractivity contribution in [1.29, 1.82) is 0 Å². The van der Waals surface area contributed by atoms with E-state index in [1.807, 2.05) is 22.8 Å². The topological polar surface area (TPSA) is 42.2 Å². The number of nitrogens with zero attached hydrogens (tertiary/aromatic N) is 1.